The average Bonchev–Trinajstić information content (AvgIpc) is 2.72. The van der Waals surface area contributed by atoms with Crippen LogP contribution in [0.5, 0.6) is 23.0 Å². The summed E-state index contributed by atoms with van der Waals surface area (Å²) in [4.78, 5) is 23.0. The first-order chi connectivity index (χ1) is 14.4. The molecule has 2 N–H and O–H groups in total. The fourth-order valence-electron chi connectivity index (χ4n) is 2.41. The van der Waals surface area contributed by atoms with Gasteiger partial charge >= 0.3 is 5.97 Å². The summed E-state index contributed by atoms with van der Waals surface area (Å²) < 4.78 is 21.0. The van der Waals surface area contributed by atoms with E-state index in [0.29, 0.717) is 29.2 Å². The number of methoxy groups -OCH3 is 2. The highest BCUT2D eigenvalue weighted by atomic mass is 35.5. The number of carboxylic acids is 1. The lowest BCUT2D eigenvalue weighted by Crippen LogP contribution is -2.17. The van der Waals surface area contributed by atoms with Gasteiger partial charge in [0, 0.05) is 5.56 Å². The van der Waals surface area contributed by atoms with Gasteiger partial charge in [0.2, 0.25) is 0 Å². The highest BCUT2D eigenvalue weighted by molar-refractivity contribution is 6.32. The number of hydrogen-bond acceptors (Lipinski definition) is 7. The Labute approximate surface area is 178 Å². The number of hydrazone groups is 1. The largest absolute Gasteiger partial charge is 0.493 e. The van der Waals surface area contributed by atoms with Gasteiger partial charge in [-0.15, -0.1) is 0 Å². The van der Waals surface area contributed by atoms with Gasteiger partial charge in [-0.25, -0.2) is 10.2 Å². The summed E-state index contributed by atoms with van der Waals surface area (Å²) in [6, 6.07) is 7.79. The first-order valence-corrected chi connectivity index (χ1v) is 9.13. The van der Waals surface area contributed by atoms with Crippen LogP contribution >= 0.6 is 11.6 Å². The Morgan fingerprint density at radius 3 is 2.47 bits per heavy atom. The summed E-state index contributed by atoms with van der Waals surface area (Å²) in [5, 5.41) is 12.8. The Kier molecular flexibility index (Phi) is 8.30. The van der Waals surface area contributed by atoms with Crippen LogP contribution in [0.4, 0.5) is 0 Å². The van der Waals surface area contributed by atoms with E-state index in [1.807, 2.05) is 0 Å². The number of amides is 1. The lowest BCUT2D eigenvalue weighted by Gasteiger charge is -2.13. The van der Waals surface area contributed by atoms with Gasteiger partial charge in [0.15, 0.2) is 29.6 Å². The van der Waals surface area contributed by atoms with E-state index in [-0.39, 0.29) is 16.5 Å². The predicted molar refractivity (Wildman–Crippen MR) is 110 cm³/mol. The Balaban J connectivity index is 2.15. The van der Waals surface area contributed by atoms with Crippen molar-refractivity contribution in [2.45, 2.75) is 6.92 Å². The lowest BCUT2D eigenvalue weighted by molar-refractivity contribution is -0.139. The molecular weight excluding hydrogens is 416 g/mol. The topological polar surface area (TPSA) is 116 Å². The van der Waals surface area contributed by atoms with E-state index in [1.165, 1.54) is 32.6 Å². The number of carbonyl (C=O) groups excluding carboxylic acids is 1. The van der Waals surface area contributed by atoms with Crippen LogP contribution in [0.2, 0.25) is 5.02 Å². The van der Waals surface area contributed by atoms with Gasteiger partial charge in [0.05, 0.1) is 32.1 Å². The number of carbonyl (C=O) groups is 2. The fourth-order valence-corrected chi connectivity index (χ4v) is 2.68. The highest BCUT2D eigenvalue weighted by Crippen LogP contribution is 2.36. The van der Waals surface area contributed by atoms with E-state index < -0.39 is 18.5 Å². The molecule has 1 amide bonds. The van der Waals surface area contributed by atoms with E-state index in [2.05, 4.69) is 10.5 Å². The monoisotopic (exact) mass is 436 g/mol. The summed E-state index contributed by atoms with van der Waals surface area (Å²) >= 11 is 6.18. The number of carboxylic acid groups (broad SMARTS) is 1. The van der Waals surface area contributed by atoms with Gasteiger partial charge in [-0.3, -0.25) is 4.79 Å². The molecule has 30 heavy (non-hydrogen) atoms. The Morgan fingerprint density at radius 2 is 1.83 bits per heavy atom. The molecule has 0 spiro atoms. The molecule has 0 aliphatic heterocycles. The molecule has 0 aliphatic carbocycles. The van der Waals surface area contributed by atoms with E-state index in [9.17, 15) is 9.59 Å². The molecule has 0 aromatic heterocycles. The maximum Gasteiger partial charge on any atom is 0.341 e. The molecule has 0 saturated carbocycles. The van der Waals surface area contributed by atoms with Crippen molar-refractivity contribution < 1.29 is 33.6 Å². The molecule has 0 fully saturated rings. The van der Waals surface area contributed by atoms with Crippen LogP contribution in [0.25, 0.3) is 0 Å². The standard InChI is InChI=1S/C20H21ClN2O7/c1-4-29-17-8-12(7-14(21)19(17)30-11-18(24)25)10-22-23-20(26)13-5-6-15(27-2)16(9-13)28-3/h5-10H,4,11H2,1-3H3,(H,23,26)(H,24,25)/b22-10+. The van der Waals surface area contributed by atoms with Crippen molar-refractivity contribution in [2.75, 3.05) is 27.4 Å². The summed E-state index contributed by atoms with van der Waals surface area (Å²) in [5.74, 6) is -0.298. The maximum atomic E-state index is 12.3. The zero-order chi connectivity index (χ0) is 22.1. The smallest absolute Gasteiger partial charge is 0.341 e. The molecule has 0 atom stereocenters. The summed E-state index contributed by atoms with van der Waals surface area (Å²) in [6.07, 6.45) is 1.37. The summed E-state index contributed by atoms with van der Waals surface area (Å²) in [5.41, 5.74) is 3.24. The third-order valence-electron chi connectivity index (χ3n) is 3.70. The Bertz CT molecular complexity index is 947. The number of hydrogen-bond donors (Lipinski definition) is 2. The van der Waals surface area contributed by atoms with Crippen molar-refractivity contribution in [2.24, 2.45) is 5.10 Å². The van der Waals surface area contributed by atoms with Crippen molar-refractivity contribution in [3.8, 4) is 23.0 Å². The molecule has 0 unspecified atom stereocenters. The zero-order valence-electron chi connectivity index (χ0n) is 16.6. The predicted octanol–water partition coefficient (Wildman–Crippen LogP) is 2.98. The molecule has 0 bridgehead atoms. The van der Waals surface area contributed by atoms with Crippen LogP contribution in [0.15, 0.2) is 35.4 Å². The van der Waals surface area contributed by atoms with Crippen LogP contribution in [-0.2, 0) is 4.79 Å². The third kappa shape index (κ3) is 6.02. The molecule has 0 saturated heterocycles. The van der Waals surface area contributed by atoms with Crippen molar-refractivity contribution in [3.63, 3.8) is 0 Å². The van der Waals surface area contributed by atoms with Crippen molar-refractivity contribution in [3.05, 3.63) is 46.5 Å². The third-order valence-corrected chi connectivity index (χ3v) is 3.98. The second kappa shape index (κ2) is 10.9. The van der Waals surface area contributed by atoms with E-state index in [0.717, 1.165) is 0 Å². The minimum Gasteiger partial charge on any atom is -0.493 e. The lowest BCUT2D eigenvalue weighted by atomic mass is 10.2. The molecule has 0 aliphatic rings. The van der Waals surface area contributed by atoms with Crippen LogP contribution in [-0.4, -0.2) is 50.6 Å². The minimum atomic E-state index is -1.14. The number of aliphatic carboxylic acids is 1. The van der Waals surface area contributed by atoms with Gasteiger partial charge in [-0.2, -0.15) is 5.10 Å². The molecule has 2 aromatic rings. The van der Waals surface area contributed by atoms with Gasteiger partial charge in [-0.05, 0) is 42.8 Å². The van der Waals surface area contributed by atoms with E-state index in [4.69, 9.17) is 35.7 Å². The molecule has 0 heterocycles. The van der Waals surface area contributed by atoms with Crippen LogP contribution in [0.3, 0.4) is 0 Å². The Hall–Kier alpha value is -3.46. The van der Waals surface area contributed by atoms with Gasteiger partial charge in [0.1, 0.15) is 0 Å². The molecule has 0 radical (unpaired) electrons. The number of rotatable bonds is 10. The minimum absolute atomic E-state index is 0.118. The summed E-state index contributed by atoms with van der Waals surface area (Å²) in [6.45, 7) is 1.52. The van der Waals surface area contributed by atoms with Gasteiger partial charge < -0.3 is 24.1 Å². The molecule has 160 valence electrons. The number of ether oxygens (including phenoxy) is 4. The van der Waals surface area contributed by atoms with Crippen LogP contribution in [0, 0.1) is 0 Å². The number of nitrogens with one attached hydrogen (secondary N) is 1. The van der Waals surface area contributed by atoms with Crippen LogP contribution in [0.1, 0.15) is 22.8 Å². The second-order valence-corrected chi connectivity index (χ2v) is 6.12. The van der Waals surface area contributed by atoms with E-state index >= 15 is 0 Å². The number of benzene rings is 2. The number of nitrogens with zero attached hydrogens (tertiary/aromatic N) is 1. The molecule has 2 rings (SSSR count). The van der Waals surface area contributed by atoms with Gasteiger partial charge in [-0.1, -0.05) is 11.6 Å². The fraction of sp³-hybridized carbons (Fsp3) is 0.250. The van der Waals surface area contributed by atoms with E-state index in [1.54, 1.807) is 25.1 Å². The molecule has 2 aromatic carbocycles. The first-order valence-electron chi connectivity index (χ1n) is 8.76. The number of halogens is 1. The van der Waals surface area contributed by atoms with Crippen molar-refractivity contribution >= 4 is 29.7 Å². The van der Waals surface area contributed by atoms with Crippen molar-refractivity contribution in [1.82, 2.24) is 5.43 Å². The zero-order valence-corrected chi connectivity index (χ0v) is 17.4. The first kappa shape index (κ1) is 22.8. The maximum absolute atomic E-state index is 12.3. The quantitative estimate of drug-likeness (QED) is 0.434. The highest BCUT2D eigenvalue weighted by Gasteiger charge is 2.14. The Morgan fingerprint density at radius 1 is 1.10 bits per heavy atom. The molecule has 10 heteroatoms. The van der Waals surface area contributed by atoms with Crippen molar-refractivity contribution in [1.29, 1.82) is 0 Å². The molecule has 9 nitrogen and oxygen atoms in total. The normalized spacial score (nSPS) is 10.5. The molecular formula is C20H21ClN2O7. The summed E-state index contributed by atoms with van der Waals surface area (Å²) in [7, 11) is 2.97. The van der Waals surface area contributed by atoms with Crippen LogP contribution < -0.4 is 24.4 Å². The SMILES string of the molecule is CCOc1cc(/C=N/NC(=O)c2ccc(OC)c(OC)c2)cc(Cl)c1OCC(=O)O. The second-order valence-electron chi connectivity index (χ2n) is 5.71. The average molecular weight is 437 g/mol. The van der Waals surface area contributed by atoms with Gasteiger partial charge in [0.25, 0.3) is 5.91 Å².